The number of hydrogen-bond donors (Lipinski definition) is 1. The standard InChI is InChI=1S/C19H22N8O/c1-12-13(2)27-17(21-12)15(18(28)20-3)11-14(23-27)7-8-16-22-19(24-25(16)4)26-9-5-6-10-26/h5-6,9-10H,7-8,11H2,1-4H3/p+1. The van der Waals surface area contributed by atoms with Crippen molar-refractivity contribution in [1.29, 1.82) is 0 Å². The van der Waals surface area contributed by atoms with Gasteiger partial charge in [-0.3, -0.25) is 14.0 Å². The van der Waals surface area contributed by atoms with Crippen LogP contribution in [-0.4, -0.2) is 54.1 Å². The minimum Gasteiger partial charge on any atom is -0.355 e. The molecule has 2 aromatic rings. The number of rotatable bonds is 5. The van der Waals surface area contributed by atoms with Crippen molar-refractivity contribution in [1.82, 2.24) is 24.6 Å². The minimum absolute atomic E-state index is 0.118. The average Bonchev–Trinajstić information content (AvgIpc) is 3.40. The van der Waals surface area contributed by atoms with E-state index in [9.17, 15) is 4.79 Å². The summed E-state index contributed by atoms with van der Waals surface area (Å²) in [7, 11) is 3.53. The number of fused-ring (bicyclic) bond motifs is 1. The summed E-state index contributed by atoms with van der Waals surface area (Å²) in [5.41, 5.74) is 3.40. The van der Waals surface area contributed by atoms with Crippen LogP contribution in [-0.2, 0) is 18.3 Å². The SMILES string of the molecule is CNC(=O)C1=C2N=C(C)C(C)=[N+]2N=C(CCc2nc(-n3cccc3)nn2C)C1. The summed E-state index contributed by atoms with van der Waals surface area (Å²) < 4.78 is 5.45. The summed E-state index contributed by atoms with van der Waals surface area (Å²) in [6.07, 6.45) is 5.69. The second-order valence-corrected chi connectivity index (χ2v) is 6.86. The molecular formula is C19H23N8O+. The van der Waals surface area contributed by atoms with E-state index in [1.54, 1.807) is 16.4 Å². The van der Waals surface area contributed by atoms with Crippen molar-refractivity contribution in [2.45, 2.75) is 33.1 Å². The highest BCUT2D eigenvalue weighted by atomic mass is 16.1. The molecule has 0 unspecified atom stereocenters. The van der Waals surface area contributed by atoms with E-state index in [4.69, 9.17) is 5.10 Å². The summed E-state index contributed by atoms with van der Waals surface area (Å²) in [5.74, 6) is 2.03. The third-order valence-corrected chi connectivity index (χ3v) is 5.02. The fraction of sp³-hybridized carbons (Fsp3) is 0.368. The molecular weight excluding hydrogens is 356 g/mol. The van der Waals surface area contributed by atoms with Gasteiger partial charge >= 0.3 is 5.82 Å². The van der Waals surface area contributed by atoms with Gasteiger partial charge in [-0.1, -0.05) is 9.79 Å². The van der Waals surface area contributed by atoms with Crippen LogP contribution in [0.4, 0.5) is 0 Å². The van der Waals surface area contributed by atoms with Gasteiger partial charge in [0.25, 0.3) is 11.9 Å². The van der Waals surface area contributed by atoms with E-state index in [2.05, 4.69) is 20.4 Å². The average molecular weight is 379 g/mol. The molecule has 1 amide bonds. The van der Waals surface area contributed by atoms with E-state index in [0.717, 1.165) is 23.0 Å². The third kappa shape index (κ3) is 3.08. The largest absolute Gasteiger partial charge is 0.358 e. The molecule has 9 nitrogen and oxygen atoms in total. The molecule has 0 bridgehead atoms. The van der Waals surface area contributed by atoms with Gasteiger partial charge in [0.1, 0.15) is 11.4 Å². The van der Waals surface area contributed by atoms with Crippen LogP contribution < -0.4 is 5.32 Å². The van der Waals surface area contributed by atoms with Crippen molar-refractivity contribution in [3.63, 3.8) is 0 Å². The lowest BCUT2D eigenvalue weighted by atomic mass is 10.0. The molecule has 1 N–H and O–H groups in total. The van der Waals surface area contributed by atoms with Crippen LogP contribution in [0.3, 0.4) is 0 Å². The lowest BCUT2D eigenvalue weighted by Gasteiger charge is -2.13. The maximum Gasteiger partial charge on any atom is 0.358 e. The molecule has 144 valence electrons. The molecule has 0 fully saturated rings. The Morgan fingerprint density at radius 2 is 2.00 bits per heavy atom. The van der Waals surface area contributed by atoms with Crippen molar-refractivity contribution >= 4 is 23.0 Å². The molecule has 28 heavy (non-hydrogen) atoms. The van der Waals surface area contributed by atoms with E-state index < -0.39 is 0 Å². The summed E-state index contributed by atoms with van der Waals surface area (Å²) in [4.78, 5) is 21.5. The zero-order valence-corrected chi connectivity index (χ0v) is 16.5. The van der Waals surface area contributed by atoms with Gasteiger partial charge in [-0.25, -0.2) is 0 Å². The topological polar surface area (TPSA) is 92.5 Å². The molecule has 0 aromatic carbocycles. The number of nitrogens with one attached hydrogen (secondary N) is 1. The smallest absolute Gasteiger partial charge is 0.355 e. The molecule has 0 saturated heterocycles. The number of aliphatic imine (C=N–C) groups is 1. The Balaban J connectivity index is 1.56. The van der Waals surface area contributed by atoms with Crippen LogP contribution in [0, 0.1) is 0 Å². The molecule has 2 aliphatic rings. The molecule has 0 aliphatic carbocycles. The first-order chi connectivity index (χ1) is 13.5. The van der Waals surface area contributed by atoms with Crippen molar-refractivity contribution in [3.05, 3.63) is 41.7 Å². The highest BCUT2D eigenvalue weighted by Crippen LogP contribution is 2.25. The van der Waals surface area contributed by atoms with Crippen LogP contribution in [0.1, 0.15) is 32.5 Å². The maximum absolute atomic E-state index is 12.4. The number of hydrazone groups is 1. The minimum atomic E-state index is -0.118. The normalized spacial score (nSPS) is 16.3. The maximum atomic E-state index is 12.4. The second-order valence-electron chi connectivity index (χ2n) is 6.86. The Bertz CT molecular complexity index is 1070. The zero-order chi connectivity index (χ0) is 19.8. The van der Waals surface area contributed by atoms with E-state index >= 15 is 0 Å². The predicted molar refractivity (Wildman–Crippen MR) is 106 cm³/mol. The van der Waals surface area contributed by atoms with E-state index in [1.165, 1.54) is 0 Å². The Morgan fingerprint density at radius 3 is 2.71 bits per heavy atom. The Hall–Kier alpha value is -3.36. The highest BCUT2D eigenvalue weighted by molar-refractivity contribution is 6.39. The molecule has 0 saturated carbocycles. The van der Waals surface area contributed by atoms with Crippen molar-refractivity contribution in [2.75, 3.05) is 7.05 Å². The van der Waals surface area contributed by atoms with Gasteiger partial charge < -0.3 is 5.32 Å². The first-order valence-electron chi connectivity index (χ1n) is 9.22. The zero-order valence-electron chi connectivity index (χ0n) is 16.5. The number of aryl methyl sites for hydroxylation is 2. The van der Waals surface area contributed by atoms with Crippen LogP contribution in [0.5, 0.6) is 0 Å². The number of amides is 1. The molecule has 2 aliphatic heterocycles. The molecule has 4 rings (SSSR count). The van der Waals surface area contributed by atoms with Crippen molar-refractivity contribution in [2.24, 2.45) is 17.1 Å². The number of carbonyl (C=O) groups is 1. The fourth-order valence-electron chi connectivity index (χ4n) is 3.30. The Morgan fingerprint density at radius 1 is 1.25 bits per heavy atom. The number of carbonyl (C=O) groups excluding carboxylic acids is 1. The quantitative estimate of drug-likeness (QED) is 0.791. The summed E-state index contributed by atoms with van der Waals surface area (Å²) in [6, 6.07) is 3.88. The van der Waals surface area contributed by atoms with Crippen LogP contribution in [0.15, 0.2) is 46.0 Å². The van der Waals surface area contributed by atoms with E-state index in [1.807, 2.05) is 50.0 Å². The van der Waals surface area contributed by atoms with Crippen LogP contribution in [0.25, 0.3) is 5.95 Å². The van der Waals surface area contributed by atoms with E-state index in [0.29, 0.717) is 36.6 Å². The van der Waals surface area contributed by atoms with Gasteiger partial charge in [-0.15, -0.1) is 5.10 Å². The third-order valence-electron chi connectivity index (χ3n) is 5.02. The lowest BCUT2D eigenvalue weighted by Crippen LogP contribution is -2.28. The molecule has 0 radical (unpaired) electrons. The summed E-state index contributed by atoms with van der Waals surface area (Å²) in [5, 5.41) is 11.9. The van der Waals surface area contributed by atoms with Gasteiger partial charge in [0.15, 0.2) is 11.4 Å². The van der Waals surface area contributed by atoms with Gasteiger partial charge in [-0.2, -0.15) is 4.98 Å². The van der Waals surface area contributed by atoms with E-state index in [-0.39, 0.29) is 5.91 Å². The summed E-state index contributed by atoms with van der Waals surface area (Å²) >= 11 is 0. The monoisotopic (exact) mass is 379 g/mol. The van der Waals surface area contributed by atoms with Gasteiger partial charge in [-0.05, 0) is 23.5 Å². The molecule has 0 spiro atoms. The number of likely N-dealkylation sites (N-methyl/N-ethyl adjacent to an activating group) is 1. The van der Waals surface area contributed by atoms with Crippen LogP contribution >= 0.6 is 0 Å². The molecule has 0 atom stereocenters. The van der Waals surface area contributed by atoms with Gasteiger partial charge in [0.2, 0.25) is 0 Å². The van der Waals surface area contributed by atoms with Gasteiger partial charge in [0.05, 0.1) is 5.71 Å². The van der Waals surface area contributed by atoms with Gasteiger partial charge in [0, 0.05) is 53.2 Å². The first kappa shape index (κ1) is 18.0. The highest BCUT2D eigenvalue weighted by Gasteiger charge is 2.37. The molecule has 9 heteroatoms. The second kappa shape index (κ2) is 6.99. The summed E-state index contributed by atoms with van der Waals surface area (Å²) in [6.45, 7) is 3.89. The molecule has 2 aromatic heterocycles. The number of hydrogen-bond acceptors (Lipinski definition) is 5. The lowest BCUT2D eigenvalue weighted by molar-refractivity contribution is -0.481. The predicted octanol–water partition coefficient (Wildman–Crippen LogP) is 1.20. The fourth-order valence-corrected chi connectivity index (χ4v) is 3.30. The van der Waals surface area contributed by atoms with Crippen molar-refractivity contribution < 1.29 is 9.48 Å². The van der Waals surface area contributed by atoms with Crippen LogP contribution in [0.2, 0.25) is 0 Å². The Kier molecular flexibility index (Phi) is 4.50. The number of nitrogens with zero attached hydrogens (tertiary/aromatic N) is 7. The first-order valence-corrected chi connectivity index (χ1v) is 9.22. The Labute approximate surface area is 162 Å². The van der Waals surface area contributed by atoms with Crippen molar-refractivity contribution in [3.8, 4) is 5.95 Å². The number of aromatic nitrogens is 4. The molecule has 4 heterocycles.